The van der Waals surface area contributed by atoms with Crippen LogP contribution in [0.25, 0.3) is 0 Å². The summed E-state index contributed by atoms with van der Waals surface area (Å²) < 4.78 is 0. The highest BCUT2D eigenvalue weighted by atomic mass is 16.3. The van der Waals surface area contributed by atoms with E-state index in [1.807, 2.05) is 39.8 Å². The number of nitrogens with one attached hydrogen (secondary N) is 2. The van der Waals surface area contributed by atoms with Crippen molar-refractivity contribution in [1.29, 1.82) is 0 Å². The molecule has 0 radical (unpaired) electrons. The van der Waals surface area contributed by atoms with Gasteiger partial charge in [0.1, 0.15) is 6.04 Å². The van der Waals surface area contributed by atoms with Crippen molar-refractivity contribution in [2.45, 2.75) is 72.0 Å². The molecule has 7 nitrogen and oxygen atoms in total. The Balaban J connectivity index is 2.51. The van der Waals surface area contributed by atoms with Gasteiger partial charge in [0.25, 0.3) is 0 Å². The average Bonchev–Trinajstić information content (AvgIpc) is 2.99. The molecule has 0 spiro atoms. The third kappa shape index (κ3) is 4.56. The average molecular weight is 422 g/mol. The summed E-state index contributed by atoms with van der Waals surface area (Å²) in [7, 11) is 1.58. The van der Waals surface area contributed by atoms with Crippen LogP contribution in [0.15, 0.2) is 12.2 Å². The van der Waals surface area contributed by atoms with E-state index in [1.165, 1.54) is 0 Å². The Morgan fingerprint density at radius 3 is 2.33 bits per heavy atom. The molecule has 170 valence electrons. The number of nitrogens with zero attached hydrogens (tertiary/aromatic N) is 1. The predicted molar refractivity (Wildman–Crippen MR) is 116 cm³/mol. The smallest absolute Gasteiger partial charge is 0.243 e. The van der Waals surface area contributed by atoms with E-state index >= 15 is 0 Å². The Morgan fingerprint density at radius 2 is 1.83 bits per heavy atom. The number of hydrogen-bond acceptors (Lipinski definition) is 4. The summed E-state index contributed by atoms with van der Waals surface area (Å²) >= 11 is 0. The lowest BCUT2D eigenvalue weighted by Crippen LogP contribution is -2.55. The molecular formula is C23H39N3O4. The van der Waals surface area contributed by atoms with Crippen LogP contribution in [0.5, 0.6) is 0 Å². The summed E-state index contributed by atoms with van der Waals surface area (Å²) in [4.78, 5) is 41.4. The van der Waals surface area contributed by atoms with E-state index in [0.29, 0.717) is 0 Å². The Kier molecular flexibility index (Phi) is 8.47. The number of carbonyl (C=O) groups is 3. The number of allylic oxidation sites excluding steroid dienone is 1. The molecule has 0 bridgehead atoms. The van der Waals surface area contributed by atoms with Gasteiger partial charge in [0.2, 0.25) is 17.7 Å². The summed E-state index contributed by atoms with van der Waals surface area (Å²) in [6.45, 7) is 9.68. The third-order valence-corrected chi connectivity index (χ3v) is 6.76. The van der Waals surface area contributed by atoms with E-state index in [9.17, 15) is 19.5 Å². The molecule has 1 unspecified atom stereocenters. The largest absolute Gasteiger partial charge is 0.394 e. The van der Waals surface area contributed by atoms with Gasteiger partial charge in [-0.3, -0.25) is 14.4 Å². The second-order valence-electron chi connectivity index (χ2n) is 9.08. The molecular weight excluding hydrogens is 382 g/mol. The summed E-state index contributed by atoms with van der Waals surface area (Å²) in [5.41, 5.74) is 0. The van der Waals surface area contributed by atoms with Gasteiger partial charge in [-0.05, 0) is 31.6 Å². The number of amides is 3. The second-order valence-corrected chi connectivity index (χ2v) is 9.08. The minimum Gasteiger partial charge on any atom is -0.394 e. The summed E-state index contributed by atoms with van der Waals surface area (Å²) in [5, 5.41) is 15.8. The summed E-state index contributed by atoms with van der Waals surface area (Å²) in [6.07, 6.45) is 6.49. The summed E-state index contributed by atoms with van der Waals surface area (Å²) in [6, 6.07) is -1.20. The molecule has 0 aromatic heterocycles. The first-order valence-corrected chi connectivity index (χ1v) is 11.4. The van der Waals surface area contributed by atoms with Crippen LogP contribution >= 0.6 is 0 Å². The van der Waals surface area contributed by atoms with Gasteiger partial charge < -0.3 is 20.6 Å². The number of aliphatic hydroxyl groups excluding tert-OH is 1. The monoisotopic (exact) mass is 421 g/mol. The van der Waals surface area contributed by atoms with E-state index in [2.05, 4.69) is 17.6 Å². The number of likely N-dealkylation sites (tertiary alicyclic amines) is 1. The quantitative estimate of drug-likeness (QED) is 0.494. The van der Waals surface area contributed by atoms with Crippen molar-refractivity contribution < 1.29 is 19.5 Å². The van der Waals surface area contributed by atoms with Crippen molar-refractivity contribution in [1.82, 2.24) is 15.5 Å². The number of carbonyl (C=O) groups excluding carboxylic acids is 3. The Bertz CT molecular complexity index is 663. The van der Waals surface area contributed by atoms with Crippen LogP contribution in [0, 0.1) is 29.6 Å². The van der Waals surface area contributed by atoms with Crippen molar-refractivity contribution in [3.8, 4) is 0 Å². The number of fused-ring (bicyclic) bond motifs is 1. The maximum Gasteiger partial charge on any atom is 0.243 e. The third-order valence-electron chi connectivity index (χ3n) is 6.76. The van der Waals surface area contributed by atoms with E-state index in [1.54, 1.807) is 11.9 Å². The summed E-state index contributed by atoms with van der Waals surface area (Å²) in [5.74, 6) is -2.13. The molecule has 1 fully saturated rings. The van der Waals surface area contributed by atoms with E-state index in [-0.39, 0.29) is 48.1 Å². The van der Waals surface area contributed by atoms with Gasteiger partial charge in [-0.15, -0.1) is 0 Å². The lowest BCUT2D eigenvalue weighted by molar-refractivity contribution is -0.144. The molecule has 1 heterocycles. The first-order chi connectivity index (χ1) is 14.2. The molecule has 1 aliphatic heterocycles. The van der Waals surface area contributed by atoms with Crippen molar-refractivity contribution in [3.05, 3.63) is 12.2 Å². The van der Waals surface area contributed by atoms with Crippen LogP contribution in [0.4, 0.5) is 0 Å². The number of rotatable bonds is 9. The number of aliphatic hydroxyl groups is 1. The highest BCUT2D eigenvalue weighted by molar-refractivity contribution is 5.97. The van der Waals surface area contributed by atoms with Crippen LogP contribution < -0.4 is 10.6 Å². The second kappa shape index (κ2) is 10.4. The van der Waals surface area contributed by atoms with Crippen LogP contribution in [0.3, 0.4) is 0 Å². The standard InChI is InChI=1S/C23H39N3O4/c1-7-9-14(5)25-22(29)20-16-11-10-15(8-2)18(21(28)24-6)19(16)23(30)26(20)17(12-27)13(3)4/h10-11,13-20,27H,7-9,12H2,1-6H3,(H,24,28)(H,25,29)/t14?,15-,16+,17+,18-,19+,20+/m1/s1. The molecule has 2 aliphatic rings. The van der Waals surface area contributed by atoms with Crippen LogP contribution in [0.1, 0.15) is 53.9 Å². The van der Waals surface area contributed by atoms with E-state index in [0.717, 1.165) is 19.3 Å². The molecule has 7 atom stereocenters. The zero-order chi connectivity index (χ0) is 22.6. The molecule has 0 aromatic rings. The molecule has 1 aliphatic carbocycles. The molecule has 3 amide bonds. The highest BCUT2D eigenvalue weighted by Crippen LogP contribution is 2.46. The van der Waals surface area contributed by atoms with Gasteiger partial charge in [0.05, 0.1) is 24.5 Å². The topological polar surface area (TPSA) is 98.7 Å². The zero-order valence-corrected chi connectivity index (χ0v) is 19.2. The maximum absolute atomic E-state index is 13.7. The van der Waals surface area contributed by atoms with Crippen molar-refractivity contribution in [2.75, 3.05) is 13.7 Å². The Morgan fingerprint density at radius 1 is 1.17 bits per heavy atom. The molecule has 0 saturated carbocycles. The first-order valence-electron chi connectivity index (χ1n) is 11.4. The van der Waals surface area contributed by atoms with Gasteiger partial charge in [-0.1, -0.05) is 46.3 Å². The molecule has 30 heavy (non-hydrogen) atoms. The lowest BCUT2D eigenvalue weighted by Gasteiger charge is -2.35. The van der Waals surface area contributed by atoms with Gasteiger partial charge in [-0.2, -0.15) is 0 Å². The van der Waals surface area contributed by atoms with Crippen LogP contribution in [-0.2, 0) is 14.4 Å². The molecule has 3 N–H and O–H groups in total. The van der Waals surface area contributed by atoms with Crippen LogP contribution in [0.2, 0.25) is 0 Å². The van der Waals surface area contributed by atoms with Crippen molar-refractivity contribution in [3.63, 3.8) is 0 Å². The van der Waals surface area contributed by atoms with Crippen molar-refractivity contribution in [2.24, 2.45) is 29.6 Å². The first kappa shape index (κ1) is 24.4. The fourth-order valence-corrected chi connectivity index (χ4v) is 5.17. The fourth-order valence-electron chi connectivity index (χ4n) is 5.17. The highest BCUT2D eigenvalue weighted by Gasteiger charge is 2.58. The fraction of sp³-hybridized carbons (Fsp3) is 0.783. The van der Waals surface area contributed by atoms with Gasteiger partial charge in [0.15, 0.2) is 0 Å². The zero-order valence-electron chi connectivity index (χ0n) is 19.2. The maximum atomic E-state index is 13.7. The van der Waals surface area contributed by atoms with Gasteiger partial charge in [0, 0.05) is 19.0 Å². The lowest BCUT2D eigenvalue weighted by atomic mass is 9.69. The molecule has 1 saturated heterocycles. The molecule has 2 rings (SSSR count). The van der Waals surface area contributed by atoms with Crippen LogP contribution in [-0.4, -0.2) is 59.5 Å². The van der Waals surface area contributed by atoms with Gasteiger partial charge in [-0.25, -0.2) is 0 Å². The SMILES string of the molecule is CCCC(C)NC(=O)[C@@H]1[C@H]2C=C[C@@H](CC)[C@@H](C(=O)NC)[C@H]2C(=O)N1[C@@H](CO)C(C)C. The van der Waals surface area contributed by atoms with Crippen molar-refractivity contribution >= 4 is 17.7 Å². The Labute approximate surface area is 180 Å². The van der Waals surface area contributed by atoms with E-state index in [4.69, 9.17) is 0 Å². The minimum absolute atomic E-state index is 0.00386. The molecule has 7 heteroatoms. The number of hydrogen-bond donors (Lipinski definition) is 3. The van der Waals surface area contributed by atoms with Gasteiger partial charge >= 0.3 is 0 Å². The predicted octanol–water partition coefficient (Wildman–Crippen LogP) is 1.71. The van der Waals surface area contributed by atoms with E-state index < -0.39 is 23.9 Å². The minimum atomic E-state index is -0.720. The molecule has 0 aromatic carbocycles. The normalized spacial score (nSPS) is 30.2. The Hall–Kier alpha value is -1.89.